The van der Waals surface area contributed by atoms with Gasteiger partial charge in [-0.1, -0.05) is 48.0 Å². The highest BCUT2D eigenvalue weighted by molar-refractivity contribution is 6.44. The zero-order chi connectivity index (χ0) is 24.5. The van der Waals surface area contributed by atoms with E-state index in [1.54, 1.807) is 25.3 Å². The van der Waals surface area contributed by atoms with Crippen LogP contribution in [0.25, 0.3) is 10.9 Å². The number of rotatable bonds is 6. The molecule has 0 fully saturated rings. The number of halogens is 1. The average Bonchev–Trinajstić information content (AvgIpc) is 3.26. The zero-order valence-electron chi connectivity index (χ0n) is 19.6. The van der Waals surface area contributed by atoms with Gasteiger partial charge in [0.15, 0.2) is 11.5 Å². The van der Waals surface area contributed by atoms with Gasteiger partial charge in [0.25, 0.3) is 11.7 Å². The fourth-order valence-corrected chi connectivity index (χ4v) is 4.88. The molecule has 178 valence electrons. The molecule has 0 unspecified atom stereocenters. The van der Waals surface area contributed by atoms with E-state index in [9.17, 15) is 9.59 Å². The van der Waals surface area contributed by atoms with Gasteiger partial charge in [-0.2, -0.15) is 0 Å². The molecule has 2 heterocycles. The van der Waals surface area contributed by atoms with E-state index in [1.807, 2.05) is 65.2 Å². The summed E-state index contributed by atoms with van der Waals surface area (Å²) in [6, 6.07) is 19.1. The second kappa shape index (κ2) is 9.47. The molecule has 1 amide bonds. The standard InChI is InChI=1S/C28H25ClN2O4/c1-34-25-13-18-11-12-30(16-20(18)14-26(25)35-2)28(33)27(32)22-17-31(24-10-6-4-8-21(22)24)15-19-7-3-5-9-23(19)29/h3-10,13-14,17H,11-12,15-16H2,1-2H3. The van der Waals surface area contributed by atoms with E-state index in [4.69, 9.17) is 21.1 Å². The lowest BCUT2D eigenvalue weighted by Crippen LogP contribution is -2.40. The molecular formula is C28H25ClN2O4. The van der Waals surface area contributed by atoms with Crippen molar-refractivity contribution in [3.63, 3.8) is 0 Å². The third-order valence-corrected chi connectivity index (χ3v) is 6.90. The van der Waals surface area contributed by atoms with Gasteiger partial charge in [-0.3, -0.25) is 9.59 Å². The molecule has 6 nitrogen and oxygen atoms in total. The molecule has 1 aromatic heterocycles. The molecule has 1 aliphatic rings. The Kier molecular flexibility index (Phi) is 6.22. The van der Waals surface area contributed by atoms with Crippen molar-refractivity contribution in [2.45, 2.75) is 19.5 Å². The van der Waals surface area contributed by atoms with Crippen LogP contribution in [-0.2, 0) is 24.3 Å². The van der Waals surface area contributed by atoms with Gasteiger partial charge in [0.05, 0.1) is 19.8 Å². The van der Waals surface area contributed by atoms with Gasteiger partial charge < -0.3 is 18.9 Å². The first-order valence-electron chi connectivity index (χ1n) is 11.4. The van der Waals surface area contributed by atoms with Crippen LogP contribution in [0.1, 0.15) is 27.0 Å². The highest BCUT2D eigenvalue weighted by Crippen LogP contribution is 2.33. The number of aromatic nitrogens is 1. The van der Waals surface area contributed by atoms with Crippen LogP contribution < -0.4 is 9.47 Å². The molecular weight excluding hydrogens is 464 g/mol. The maximum absolute atomic E-state index is 13.5. The van der Waals surface area contributed by atoms with Crippen molar-refractivity contribution < 1.29 is 19.1 Å². The van der Waals surface area contributed by atoms with E-state index in [2.05, 4.69) is 0 Å². The number of amides is 1. The first-order valence-corrected chi connectivity index (χ1v) is 11.8. The summed E-state index contributed by atoms with van der Waals surface area (Å²) in [7, 11) is 3.18. The molecule has 1 aliphatic heterocycles. The summed E-state index contributed by atoms with van der Waals surface area (Å²) in [4.78, 5) is 28.4. The SMILES string of the molecule is COc1cc2c(cc1OC)CN(C(=O)C(=O)c1cn(Cc3ccccc3Cl)c3ccccc13)CC2. The number of carbonyl (C=O) groups is 2. The van der Waals surface area contributed by atoms with E-state index < -0.39 is 11.7 Å². The number of hydrogen-bond acceptors (Lipinski definition) is 4. The summed E-state index contributed by atoms with van der Waals surface area (Å²) < 4.78 is 12.8. The van der Waals surface area contributed by atoms with Gasteiger partial charge in [-0.15, -0.1) is 0 Å². The largest absolute Gasteiger partial charge is 0.493 e. The predicted molar refractivity (Wildman–Crippen MR) is 135 cm³/mol. The Morgan fingerprint density at radius 1 is 0.943 bits per heavy atom. The maximum atomic E-state index is 13.5. The highest BCUT2D eigenvalue weighted by atomic mass is 35.5. The number of para-hydroxylation sites is 1. The fourth-order valence-electron chi connectivity index (χ4n) is 4.68. The molecule has 35 heavy (non-hydrogen) atoms. The molecule has 7 heteroatoms. The monoisotopic (exact) mass is 488 g/mol. The third-order valence-electron chi connectivity index (χ3n) is 6.53. The van der Waals surface area contributed by atoms with Crippen LogP contribution in [0.15, 0.2) is 66.9 Å². The van der Waals surface area contributed by atoms with E-state index in [0.29, 0.717) is 48.1 Å². The van der Waals surface area contributed by atoms with Crippen LogP contribution in [0.4, 0.5) is 0 Å². The van der Waals surface area contributed by atoms with Crippen molar-refractivity contribution >= 4 is 34.2 Å². The topological polar surface area (TPSA) is 60.8 Å². The Morgan fingerprint density at radius 2 is 1.63 bits per heavy atom. The number of benzene rings is 3. The van der Waals surface area contributed by atoms with Crippen molar-refractivity contribution in [3.05, 3.63) is 94.1 Å². The van der Waals surface area contributed by atoms with Gasteiger partial charge in [0, 0.05) is 41.8 Å². The molecule has 0 saturated heterocycles. The lowest BCUT2D eigenvalue weighted by Gasteiger charge is -2.29. The molecule has 0 atom stereocenters. The zero-order valence-corrected chi connectivity index (χ0v) is 20.3. The molecule has 3 aromatic carbocycles. The summed E-state index contributed by atoms with van der Waals surface area (Å²) in [6.45, 7) is 1.31. The summed E-state index contributed by atoms with van der Waals surface area (Å²) in [5.41, 5.74) is 4.27. The molecule has 0 aliphatic carbocycles. The van der Waals surface area contributed by atoms with Crippen molar-refractivity contribution in [2.24, 2.45) is 0 Å². The van der Waals surface area contributed by atoms with Crippen LogP contribution in [0.2, 0.25) is 5.02 Å². The Hall–Kier alpha value is -3.77. The number of methoxy groups -OCH3 is 2. The first-order chi connectivity index (χ1) is 17.0. The van der Waals surface area contributed by atoms with Crippen molar-refractivity contribution in [1.29, 1.82) is 0 Å². The number of Topliss-reactive ketones (excluding diaryl/α,β-unsaturated/α-hetero) is 1. The second-order valence-electron chi connectivity index (χ2n) is 8.56. The van der Waals surface area contributed by atoms with Crippen LogP contribution >= 0.6 is 11.6 Å². The van der Waals surface area contributed by atoms with Gasteiger partial charge >= 0.3 is 0 Å². The van der Waals surface area contributed by atoms with Gasteiger partial charge in [-0.05, 0) is 47.4 Å². The van der Waals surface area contributed by atoms with Crippen molar-refractivity contribution in [3.8, 4) is 11.5 Å². The Labute approximate surface area is 208 Å². The number of carbonyl (C=O) groups excluding carboxylic acids is 2. The quantitative estimate of drug-likeness (QED) is 0.279. The highest BCUT2D eigenvalue weighted by Gasteiger charge is 2.29. The summed E-state index contributed by atoms with van der Waals surface area (Å²) >= 11 is 6.37. The van der Waals surface area contributed by atoms with E-state index in [-0.39, 0.29) is 0 Å². The summed E-state index contributed by atoms with van der Waals surface area (Å²) in [5.74, 6) is 0.247. The average molecular weight is 489 g/mol. The van der Waals surface area contributed by atoms with Crippen molar-refractivity contribution in [1.82, 2.24) is 9.47 Å². The minimum absolute atomic E-state index is 0.346. The Morgan fingerprint density at radius 3 is 2.37 bits per heavy atom. The molecule has 0 bridgehead atoms. The lowest BCUT2D eigenvalue weighted by atomic mass is 9.98. The van der Waals surface area contributed by atoms with Crippen LogP contribution in [0.3, 0.4) is 0 Å². The molecule has 0 spiro atoms. The lowest BCUT2D eigenvalue weighted by molar-refractivity contribution is -0.127. The minimum Gasteiger partial charge on any atom is -0.493 e. The smallest absolute Gasteiger partial charge is 0.295 e. The fraction of sp³-hybridized carbons (Fsp3) is 0.214. The normalized spacial score (nSPS) is 12.9. The number of ketones is 1. The number of hydrogen-bond donors (Lipinski definition) is 0. The predicted octanol–water partition coefficient (Wildman–Crippen LogP) is 5.13. The van der Waals surface area contributed by atoms with Crippen LogP contribution in [0, 0.1) is 0 Å². The Bertz CT molecular complexity index is 1440. The summed E-state index contributed by atoms with van der Waals surface area (Å²) in [5, 5.41) is 1.41. The maximum Gasteiger partial charge on any atom is 0.295 e. The van der Waals surface area contributed by atoms with Gasteiger partial charge in [0.1, 0.15) is 0 Å². The van der Waals surface area contributed by atoms with Crippen LogP contribution in [-0.4, -0.2) is 41.9 Å². The molecule has 5 rings (SSSR count). The molecule has 0 radical (unpaired) electrons. The minimum atomic E-state index is -0.511. The second-order valence-corrected chi connectivity index (χ2v) is 8.97. The molecule has 0 saturated carbocycles. The Balaban J connectivity index is 1.44. The molecule has 0 N–H and O–H groups in total. The van der Waals surface area contributed by atoms with E-state index in [0.717, 1.165) is 27.6 Å². The first kappa shape index (κ1) is 23.0. The number of nitrogens with zero attached hydrogens (tertiary/aromatic N) is 2. The summed E-state index contributed by atoms with van der Waals surface area (Å²) in [6.07, 6.45) is 2.41. The van der Waals surface area contributed by atoms with Crippen LogP contribution in [0.5, 0.6) is 11.5 Å². The number of ether oxygens (including phenoxy) is 2. The third kappa shape index (κ3) is 4.26. The van der Waals surface area contributed by atoms with Gasteiger partial charge in [0.2, 0.25) is 0 Å². The van der Waals surface area contributed by atoms with E-state index >= 15 is 0 Å². The van der Waals surface area contributed by atoms with E-state index in [1.165, 1.54) is 0 Å². The van der Waals surface area contributed by atoms with Crippen molar-refractivity contribution in [2.75, 3.05) is 20.8 Å². The number of fused-ring (bicyclic) bond motifs is 2. The molecule has 4 aromatic rings. The van der Waals surface area contributed by atoms with Gasteiger partial charge in [-0.25, -0.2) is 0 Å².